The van der Waals surface area contributed by atoms with Crippen LogP contribution in [0.5, 0.6) is 11.5 Å². The third-order valence-electron chi connectivity index (χ3n) is 5.62. The zero-order valence-corrected chi connectivity index (χ0v) is 21.4. The van der Waals surface area contributed by atoms with Gasteiger partial charge in [-0.1, -0.05) is 23.9 Å². The summed E-state index contributed by atoms with van der Waals surface area (Å²) in [4.78, 5) is 33.7. The Kier molecular flexibility index (Phi) is 8.49. The van der Waals surface area contributed by atoms with E-state index in [0.29, 0.717) is 18.8 Å². The first-order chi connectivity index (χ1) is 17.1. The standard InChI is InChI=1S/C25H28N4O4S2/c1-32-20-9-7-18(8-10-20)26-23(30)17-35-25-27-19(16-34-25)15-24(31)29-13-11-28(12-14-29)21-5-3-4-6-22(21)33-2/h3-10,16H,11-15,17H2,1-2H3,(H,26,30). The van der Waals surface area contributed by atoms with Gasteiger partial charge in [-0.2, -0.15) is 0 Å². The number of carbonyl (C=O) groups is 2. The van der Waals surface area contributed by atoms with Gasteiger partial charge in [0.2, 0.25) is 11.8 Å². The second kappa shape index (κ2) is 11.9. The first-order valence-electron chi connectivity index (χ1n) is 11.2. The second-order valence-corrected chi connectivity index (χ2v) is 9.97. The highest BCUT2D eigenvalue weighted by Crippen LogP contribution is 2.28. The summed E-state index contributed by atoms with van der Waals surface area (Å²) < 4.78 is 11.4. The molecule has 35 heavy (non-hydrogen) atoms. The summed E-state index contributed by atoms with van der Waals surface area (Å²) in [6, 6.07) is 15.1. The van der Waals surface area contributed by atoms with E-state index in [0.717, 1.165) is 40.3 Å². The van der Waals surface area contributed by atoms with E-state index in [-0.39, 0.29) is 24.0 Å². The maximum atomic E-state index is 12.8. The minimum absolute atomic E-state index is 0.0729. The van der Waals surface area contributed by atoms with Gasteiger partial charge in [-0.05, 0) is 36.4 Å². The molecule has 1 saturated heterocycles. The van der Waals surface area contributed by atoms with Crippen LogP contribution in [0.4, 0.5) is 11.4 Å². The van der Waals surface area contributed by atoms with Crippen LogP contribution in [-0.2, 0) is 16.0 Å². The second-order valence-electron chi connectivity index (χ2n) is 7.89. The molecule has 1 fully saturated rings. The fourth-order valence-electron chi connectivity index (χ4n) is 3.79. The molecule has 0 bridgehead atoms. The van der Waals surface area contributed by atoms with Gasteiger partial charge in [0, 0.05) is 37.2 Å². The molecule has 3 aromatic rings. The zero-order chi connectivity index (χ0) is 24.6. The fraction of sp³-hybridized carbons (Fsp3) is 0.320. The summed E-state index contributed by atoms with van der Waals surface area (Å²) in [5, 5.41) is 4.75. The van der Waals surface area contributed by atoms with Crippen LogP contribution < -0.4 is 19.7 Å². The van der Waals surface area contributed by atoms with Crippen LogP contribution in [0.2, 0.25) is 0 Å². The fourth-order valence-corrected chi connectivity index (χ4v) is 5.43. The van der Waals surface area contributed by atoms with Crippen molar-refractivity contribution in [3.8, 4) is 11.5 Å². The van der Waals surface area contributed by atoms with Gasteiger partial charge in [0.05, 0.1) is 37.8 Å². The minimum atomic E-state index is -0.110. The molecule has 0 aliphatic carbocycles. The lowest BCUT2D eigenvalue weighted by Crippen LogP contribution is -2.49. The summed E-state index contributed by atoms with van der Waals surface area (Å²) in [5.41, 5.74) is 2.51. The first-order valence-corrected chi connectivity index (χ1v) is 13.1. The minimum Gasteiger partial charge on any atom is -0.497 e. The van der Waals surface area contributed by atoms with Crippen molar-refractivity contribution in [2.75, 3.05) is 56.4 Å². The van der Waals surface area contributed by atoms with Crippen molar-refractivity contribution in [1.82, 2.24) is 9.88 Å². The van der Waals surface area contributed by atoms with Gasteiger partial charge in [0.25, 0.3) is 0 Å². The molecule has 1 aliphatic rings. The van der Waals surface area contributed by atoms with E-state index in [9.17, 15) is 9.59 Å². The molecule has 0 radical (unpaired) electrons. The summed E-state index contributed by atoms with van der Waals surface area (Å²) in [6.07, 6.45) is 0.268. The summed E-state index contributed by atoms with van der Waals surface area (Å²) >= 11 is 2.82. The number of methoxy groups -OCH3 is 2. The number of nitrogens with zero attached hydrogens (tertiary/aromatic N) is 3. The van der Waals surface area contributed by atoms with Gasteiger partial charge in [-0.25, -0.2) is 4.98 Å². The largest absolute Gasteiger partial charge is 0.497 e. The maximum absolute atomic E-state index is 12.8. The lowest BCUT2D eigenvalue weighted by Gasteiger charge is -2.36. The molecule has 2 amide bonds. The number of nitrogens with one attached hydrogen (secondary N) is 1. The number of anilines is 2. The van der Waals surface area contributed by atoms with Gasteiger partial charge in [0.15, 0.2) is 4.34 Å². The van der Waals surface area contributed by atoms with Crippen molar-refractivity contribution < 1.29 is 19.1 Å². The smallest absolute Gasteiger partial charge is 0.234 e. The van der Waals surface area contributed by atoms with Crippen LogP contribution in [0.3, 0.4) is 0 Å². The van der Waals surface area contributed by atoms with E-state index in [1.807, 2.05) is 34.5 Å². The molecule has 1 aliphatic heterocycles. The number of ether oxygens (including phenoxy) is 2. The van der Waals surface area contributed by atoms with E-state index >= 15 is 0 Å². The maximum Gasteiger partial charge on any atom is 0.234 e. The Morgan fingerprint density at radius 3 is 2.49 bits per heavy atom. The lowest BCUT2D eigenvalue weighted by molar-refractivity contribution is -0.130. The van der Waals surface area contributed by atoms with Crippen LogP contribution in [-0.4, -0.2) is 67.8 Å². The molecule has 2 heterocycles. The number of hydrogen-bond acceptors (Lipinski definition) is 8. The molecule has 1 N–H and O–H groups in total. The van der Waals surface area contributed by atoms with E-state index < -0.39 is 0 Å². The summed E-state index contributed by atoms with van der Waals surface area (Å²) in [6.45, 7) is 2.84. The third kappa shape index (κ3) is 6.67. The quantitative estimate of drug-likeness (QED) is 0.437. The van der Waals surface area contributed by atoms with Crippen LogP contribution in [0, 0.1) is 0 Å². The van der Waals surface area contributed by atoms with Crippen molar-refractivity contribution in [2.45, 2.75) is 10.8 Å². The number of para-hydroxylation sites is 2. The molecule has 0 saturated carbocycles. The van der Waals surface area contributed by atoms with Crippen LogP contribution >= 0.6 is 23.1 Å². The molecule has 0 atom stereocenters. The van der Waals surface area contributed by atoms with Gasteiger partial charge in [0.1, 0.15) is 11.5 Å². The highest BCUT2D eigenvalue weighted by molar-refractivity contribution is 8.01. The molecular weight excluding hydrogens is 484 g/mol. The van der Waals surface area contributed by atoms with E-state index in [1.54, 1.807) is 38.5 Å². The number of thiazole rings is 1. The number of benzene rings is 2. The number of hydrogen-bond donors (Lipinski definition) is 1. The molecule has 4 rings (SSSR count). The van der Waals surface area contributed by atoms with Crippen LogP contribution in [0.15, 0.2) is 58.3 Å². The topological polar surface area (TPSA) is 84.0 Å². The zero-order valence-electron chi connectivity index (χ0n) is 19.7. The molecule has 1 aromatic heterocycles. The number of aromatic nitrogens is 1. The van der Waals surface area contributed by atoms with Crippen molar-refractivity contribution in [2.24, 2.45) is 0 Å². The molecule has 10 heteroatoms. The SMILES string of the molecule is COc1ccc(NC(=O)CSc2nc(CC(=O)N3CCN(c4ccccc4OC)CC3)cs2)cc1. The lowest BCUT2D eigenvalue weighted by atomic mass is 10.2. The Morgan fingerprint density at radius 1 is 1.03 bits per heavy atom. The summed E-state index contributed by atoms with van der Waals surface area (Å²) in [5.74, 6) is 1.79. The predicted octanol–water partition coefficient (Wildman–Crippen LogP) is 3.78. The first kappa shape index (κ1) is 24.9. The van der Waals surface area contributed by atoms with E-state index in [2.05, 4.69) is 15.2 Å². The predicted molar refractivity (Wildman–Crippen MR) is 140 cm³/mol. The molecule has 0 spiro atoms. The van der Waals surface area contributed by atoms with Crippen molar-refractivity contribution in [3.05, 3.63) is 59.6 Å². The monoisotopic (exact) mass is 512 g/mol. The van der Waals surface area contributed by atoms with Crippen molar-refractivity contribution in [1.29, 1.82) is 0 Å². The van der Waals surface area contributed by atoms with Gasteiger partial charge < -0.3 is 24.6 Å². The van der Waals surface area contributed by atoms with Gasteiger partial charge >= 0.3 is 0 Å². The highest BCUT2D eigenvalue weighted by Gasteiger charge is 2.23. The van der Waals surface area contributed by atoms with E-state index in [1.165, 1.54) is 23.1 Å². The normalized spacial score (nSPS) is 13.4. The number of amides is 2. The number of piperazine rings is 1. The van der Waals surface area contributed by atoms with Gasteiger partial charge in [-0.3, -0.25) is 9.59 Å². The average molecular weight is 513 g/mol. The van der Waals surface area contributed by atoms with E-state index in [4.69, 9.17) is 9.47 Å². The molecule has 2 aromatic carbocycles. The van der Waals surface area contributed by atoms with Gasteiger partial charge in [-0.15, -0.1) is 11.3 Å². The molecular formula is C25H28N4O4S2. The molecule has 0 unspecified atom stereocenters. The Balaban J connectivity index is 1.22. The molecule has 184 valence electrons. The average Bonchev–Trinajstić information content (AvgIpc) is 3.35. The van der Waals surface area contributed by atoms with Crippen molar-refractivity contribution >= 4 is 46.3 Å². The third-order valence-corrected chi connectivity index (χ3v) is 7.69. The Morgan fingerprint density at radius 2 is 1.77 bits per heavy atom. The molecule has 8 nitrogen and oxygen atoms in total. The van der Waals surface area contributed by atoms with Crippen molar-refractivity contribution in [3.63, 3.8) is 0 Å². The van der Waals surface area contributed by atoms with Crippen LogP contribution in [0.25, 0.3) is 0 Å². The number of carbonyl (C=O) groups excluding carboxylic acids is 2. The van der Waals surface area contributed by atoms with Crippen LogP contribution in [0.1, 0.15) is 5.69 Å². The summed E-state index contributed by atoms with van der Waals surface area (Å²) in [7, 11) is 3.27. The Hall–Kier alpha value is -3.24. The Labute approximate surface area is 213 Å². The highest BCUT2D eigenvalue weighted by atomic mass is 32.2. The number of thioether (sulfide) groups is 1. The Bertz CT molecular complexity index is 1140. The number of rotatable bonds is 9.